The topological polar surface area (TPSA) is 80.7 Å². The van der Waals surface area contributed by atoms with Gasteiger partial charge in [-0.25, -0.2) is 4.18 Å². The van der Waals surface area contributed by atoms with E-state index in [2.05, 4.69) is 4.18 Å². The molecule has 0 aliphatic heterocycles. The van der Waals surface area contributed by atoms with Crippen molar-refractivity contribution in [2.75, 3.05) is 6.61 Å². The Morgan fingerprint density at radius 2 is 2.10 bits per heavy atom. The van der Waals surface area contributed by atoms with Crippen molar-refractivity contribution < 1.29 is 21.9 Å². The van der Waals surface area contributed by atoms with Crippen LogP contribution in [0.2, 0.25) is 0 Å². The van der Waals surface area contributed by atoms with Crippen LogP contribution in [-0.4, -0.2) is 25.4 Å². The fraction of sp³-hybridized carbons (Fsp3) is 0.750. The van der Waals surface area contributed by atoms with Crippen LogP contribution in [0, 0.1) is 0 Å². The zero-order valence-electron chi connectivity index (χ0n) is 5.40. The van der Waals surface area contributed by atoms with Crippen LogP contribution >= 0.6 is 0 Å². The van der Waals surface area contributed by atoms with Gasteiger partial charge in [-0.05, 0) is 6.92 Å². The van der Waals surface area contributed by atoms with Gasteiger partial charge in [0.2, 0.25) is 0 Å². The molecule has 0 aromatic rings. The molecular formula is C4H8O5S. The molecule has 0 radical (unpaired) electrons. The summed E-state index contributed by atoms with van der Waals surface area (Å²) in [4.78, 5) is 10.2. The summed E-state index contributed by atoms with van der Waals surface area (Å²) in [5, 5.41) is 0. The molecular weight excluding hydrogens is 160 g/mol. The van der Waals surface area contributed by atoms with Gasteiger partial charge in [-0.15, -0.1) is 0 Å². The zero-order chi connectivity index (χ0) is 8.20. The van der Waals surface area contributed by atoms with Crippen molar-refractivity contribution in [1.29, 1.82) is 0 Å². The summed E-state index contributed by atoms with van der Waals surface area (Å²) in [5.74, 6) is -0.191. The third-order valence-corrected chi connectivity index (χ3v) is 1.15. The lowest BCUT2D eigenvalue weighted by Crippen LogP contribution is -2.07. The molecule has 0 saturated heterocycles. The van der Waals surface area contributed by atoms with Crippen molar-refractivity contribution in [3.63, 3.8) is 0 Å². The normalized spacial score (nSPS) is 11.4. The molecule has 0 spiro atoms. The Morgan fingerprint density at radius 3 is 2.40 bits per heavy atom. The SMILES string of the molecule is CC(=O)CCOS(=O)(=O)O. The van der Waals surface area contributed by atoms with Gasteiger partial charge in [0, 0.05) is 6.42 Å². The van der Waals surface area contributed by atoms with Crippen molar-refractivity contribution in [2.45, 2.75) is 13.3 Å². The van der Waals surface area contributed by atoms with Gasteiger partial charge in [0.05, 0.1) is 6.61 Å². The summed E-state index contributed by atoms with van der Waals surface area (Å²) >= 11 is 0. The van der Waals surface area contributed by atoms with Crippen LogP contribution in [0.15, 0.2) is 0 Å². The van der Waals surface area contributed by atoms with Crippen LogP contribution in [0.1, 0.15) is 13.3 Å². The minimum Gasteiger partial charge on any atom is -0.300 e. The second-order valence-corrected chi connectivity index (χ2v) is 2.79. The van der Waals surface area contributed by atoms with Gasteiger partial charge in [0.25, 0.3) is 0 Å². The van der Waals surface area contributed by atoms with Gasteiger partial charge in [-0.2, -0.15) is 8.42 Å². The van der Waals surface area contributed by atoms with Crippen molar-refractivity contribution in [3.05, 3.63) is 0 Å². The second-order valence-electron chi connectivity index (χ2n) is 1.70. The molecule has 0 aliphatic rings. The highest BCUT2D eigenvalue weighted by molar-refractivity contribution is 7.80. The molecule has 10 heavy (non-hydrogen) atoms. The predicted molar refractivity (Wildman–Crippen MR) is 32.8 cm³/mol. The second kappa shape index (κ2) is 3.65. The van der Waals surface area contributed by atoms with Crippen LogP contribution in [0.25, 0.3) is 0 Å². The van der Waals surface area contributed by atoms with Crippen LogP contribution in [0.4, 0.5) is 0 Å². The quantitative estimate of drug-likeness (QED) is 0.587. The maximum Gasteiger partial charge on any atom is 0.397 e. The number of rotatable bonds is 4. The first-order valence-corrected chi connectivity index (χ1v) is 3.89. The van der Waals surface area contributed by atoms with Gasteiger partial charge in [-0.3, -0.25) is 9.35 Å². The molecule has 0 bridgehead atoms. The lowest BCUT2D eigenvalue weighted by Gasteiger charge is -1.94. The first kappa shape index (κ1) is 9.54. The Kier molecular flexibility index (Phi) is 3.48. The van der Waals surface area contributed by atoms with Crippen LogP contribution in [0.3, 0.4) is 0 Å². The van der Waals surface area contributed by atoms with E-state index < -0.39 is 10.4 Å². The monoisotopic (exact) mass is 168 g/mol. The van der Waals surface area contributed by atoms with Crippen molar-refractivity contribution in [3.8, 4) is 0 Å². The zero-order valence-corrected chi connectivity index (χ0v) is 6.22. The summed E-state index contributed by atoms with van der Waals surface area (Å²) in [6, 6.07) is 0. The highest BCUT2D eigenvalue weighted by Gasteiger charge is 2.03. The standard InChI is InChI=1S/C4H8O5S/c1-4(5)2-3-9-10(6,7)8/h2-3H2,1H3,(H,6,7,8). The Hall–Kier alpha value is -0.460. The smallest absolute Gasteiger partial charge is 0.300 e. The Bertz CT molecular complexity index is 204. The number of hydrogen-bond donors (Lipinski definition) is 1. The maximum atomic E-state index is 10.2. The number of carbonyl (C=O) groups excluding carboxylic acids is 1. The van der Waals surface area contributed by atoms with E-state index in [1.165, 1.54) is 6.92 Å². The van der Waals surface area contributed by atoms with Gasteiger partial charge in [0.15, 0.2) is 0 Å². The molecule has 0 aromatic carbocycles. The van der Waals surface area contributed by atoms with E-state index in [0.29, 0.717) is 0 Å². The molecule has 0 heterocycles. The number of Topliss-reactive ketones (excluding diaryl/α,β-unsaturated/α-hetero) is 1. The first-order valence-electron chi connectivity index (χ1n) is 2.53. The molecule has 1 N–H and O–H groups in total. The van der Waals surface area contributed by atoms with Crippen LogP contribution in [-0.2, 0) is 19.4 Å². The molecule has 0 saturated carbocycles. The molecule has 5 nitrogen and oxygen atoms in total. The fourth-order valence-corrected chi connectivity index (χ4v) is 0.585. The lowest BCUT2D eigenvalue weighted by molar-refractivity contribution is -0.117. The molecule has 0 unspecified atom stereocenters. The molecule has 0 amide bonds. The highest BCUT2D eigenvalue weighted by atomic mass is 32.3. The van der Waals surface area contributed by atoms with E-state index in [1.54, 1.807) is 0 Å². The molecule has 60 valence electrons. The van der Waals surface area contributed by atoms with E-state index in [4.69, 9.17) is 4.55 Å². The van der Waals surface area contributed by atoms with Crippen molar-refractivity contribution in [1.82, 2.24) is 0 Å². The molecule has 0 rings (SSSR count). The van der Waals surface area contributed by atoms with E-state index in [9.17, 15) is 13.2 Å². The van der Waals surface area contributed by atoms with Gasteiger partial charge >= 0.3 is 10.4 Å². The van der Waals surface area contributed by atoms with E-state index >= 15 is 0 Å². The van der Waals surface area contributed by atoms with E-state index in [0.717, 1.165) is 0 Å². The summed E-state index contributed by atoms with van der Waals surface area (Å²) in [5.41, 5.74) is 0. The minimum absolute atomic E-state index is 0.0141. The van der Waals surface area contributed by atoms with Gasteiger partial charge < -0.3 is 0 Å². The molecule has 0 fully saturated rings. The molecule has 0 atom stereocenters. The first-order chi connectivity index (χ1) is 4.42. The van der Waals surface area contributed by atoms with Gasteiger partial charge in [-0.1, -0.05) is 0 Å². The van der Waals surface area contributed by atoms with Gasteiger partial charge in [0.1, 0.15) is 5.78 Å². The number of carbonyl (C=O) groups is 1. The largest absolute Gasteiger partial charge is 0.397 e. The maximum absolute atomic E-state index is 10.2. The average molecular weight is 168 g/mol. The Morgan fingerprint density at radius 1 is 1.60 bits per heavy atom. The minimum atomic E-state index is -4.37. The Balaban J connectivity index is 3.49. The summed E-state index contributed by atoms with van der Waals surface area (Å²) in [6.45, 7) is 1.00. The molecule has 6 heteroatoms. The average Bonchev–Trinajstić information content (AvgIpc) is 1.59. The van der Waals surface area contributed by atoms with Crippen LogP contribution < -0.4 is 0 Å². The van der Waals surface area contributed by atoms with E-state index in [-0.39, 0.29) is 18.8 Å². The fourth-order valence-electron chi connectivity index (χ4n) is 0.291. The number of ketones is 1. The summed E-state index contributed by atoms with van der Waals surface area (Å²) < 4.78 is 31.5. The third kappa shape index (κ3) is 7.54. The van der Waals surface area contributed by atoms with Crippen LogP contribution in [0.5, 0.6) is 0 Å². The number of hydrogen-bond acceptors (Lipinski definition) is 4. The van der Waals surface area contributed by atoms with Crippen molar-refractivity contribution >= 4 is 16.2 Å². The summed E-state index contributed by atoms with van der Waals surface area (Å²) in [6.07, 6.45) is -0.0141. The summed E-state index contributed by atoms with van der Waals surface area (Å²) in [7, 11) is -4.37. The Labute approximate surface area is 58.9 Å². The predicted octanol–water partition coefficient (Wildman–Crippen LogP) is -0.215. The lowest BCUT2D eigenvalue weighted by atomic mass is 10.3. The third-order valence-electron chi connectivity index (χ3n) is 0.686. The molecule has 0 aliphatic carbocycles. The van der Waals surface area contributed by atoms with E-state index in [1.807, 2.05) is 0 Å². The highest BCUT2D eigenvalue weighted by Crippen LogP contribution is 1.89. The molecule has 0 aromatic heterocycles. The van der Waals surface area contributed by atoms with Crippen molar-refractivity contribution in [2.24, 2.45) is 0 Å².